The van der Waals surface area contributed by atoms with Gasteiger partial charge in [0.2, 0.25) is 0 Å². The van der Waals surface area contributed by atoms with Crippen LogP contribution in [0.2, 0.25) is 0 Å². The van der Waals surface area contributed by atoms with E-state index in [1.54, 1.807) is 24.3 Å². The van der Waals surface area contributed by atoms with Crippen molar-refractivity contribution in [3.63, 3.8) is 0 Å². The van der Waals surface area contributed by atoms with Crippen molar-refractivity contribution in [3.8, 4) is 11.5 Å². The van der Waals surface area contributed by atoms with Gasteiger partial charge in [0, 0.05) is 11.9 Å². The fraction of sp³-hybridized carbons (Fsp3) is 0.125. The molecule has 3 rings (SSSR count). The number of ether oxygens (including phenoxy) is 1. The zero-order valence-corrected chi connectivity index (χ0v) is 11.0. The van der Waals surface area contributed by atoms with Crippen LogP contribution in [0.1, 0.15) is 11.3 Å². The molecule has 102 valence electrons. The van der Waals surface area contributed by atoms with Crippen LogP contribution in [-0.2, 0) is 13.2 Å². The summed E-state index contributed by atoms with van der Waals surface area (Å²) in [7, 11) is 0. The summed E-state index contributed by atoms with van der Waals surface area (Å²) in [6, 6.07) is 14.8. The fourth-order valence-electron chi connectivity index (χ4n) is 2.23. The van der Waals surface area contributed by atoms with Gasteiger partial charge in [0.05, 0.1) is 11.2 Å². The summed E-state index contributed by atoms with van der Waals surface area (Å²) < 4.78 is 5.68. The van der Waals surface area contributed by atoms with E-state index < -0.39 is 0 Å². The van der Waals surface area contributed by atoms with Gasteiger partial charge in [-0.05, 0) is 35.9 Å². The maximum Gasteiger partial charge on any atom is 0.128 e. The number of rotatable bonds is 4. The Kier molecular flexibility index (Phi) is 3.31. The molecule has 0 spiro atoms. The largest absolute Gasteiger partial charge is 0.508 e. The zero-order valence-electron chi connectivity index (χ0n) is 11.0. The fourth-order valence-corrected chi connectivity index (χ4v) is 2.23. The molecular weight excluding hydrogens is 252 g/mol. The van der Waals surface area contributed by atoms with Crippen LogP contribution in [0, 0.1) is 0 Å². The van der Waals surface area contributed by atoms with E-state index in [-0.39, 0.29) is 5.75 Å². The van der Waals surface area contributed by atoms with Crippen molar-refractivity contribution < 1.29 is 9.84 Å². The number of para-hydroxylation sites is 1. The molecule has 20 heavy (non-hydrogen) atoms. The van der Waals surface area contributed by atoms with Gasteiger partial charge >= 0.3 is 0 Å². The van der Waals surface area contributed by atoms with E-state index in [4.69, 9.17) is 10.5 Å². The standard InChI is InChI=1S/C16H16N2O2/c17-9-12-3-1-2-11-8-13(18-16(11)12)10-20-15-6-4-14(19)5-7-15/h1-8,18-19H,9-10,17H2. The Morgan fingerprint density at radius 1 is 1.10 bits per heavy atom. The molecule has 0 atom stereocenters. The van der Waals surface area contributed by atoms with Crippen molar-refractivity contribution in [2.45, 2.75) is 13.2 Å². The van der Waals surface area contributed by atoms with E-state index in [0.29, 0.717) is 13.2 Å². The lowest BCUT2D eigenvalue weighted by Gasteiger charge is -2.04. The number of nitrogens with one attached hydrogen (secondary N) is 1. The monoisotopic (exact) mass is 268 g/mol. The SMILES string of the molecule is NCc1cccc2cc(COc3ccc(O)cc3)[nH]c12. The van der Waals surface area contributed by atoms with Gasteiger partial charge < -0.3 is 20.6 Å². The third kappa shape index (κ3) is 2.46. The Balaban J connectivity index is 1.79. The van der Waals surface area contributed by atoms with E-state index in [2.05, 4.69) is 17.1 Å². The van der Waals surface area contributed by atoms with Crippen LogP contribution in [0.4, 0.5) is 0 Å². The van der Waals surface area contributed by atoms with Gasteiger partial charge in [-0.1, -0.05) is 18.2 Å². The predicted octanol–water partition coefficient (Wildman–Crippen LogP) is 2.91. The van der Waals surface area contributed by atoms with Gasteiger partial charge in [-0.2, -0.15) is 0 Å². The van der Waals surface area contributed by atoms with Crippen molar-refractivity contribution in [3.05, 3.63) is 59.8 Å². The van der Waals surface area contributed by atoms with Crippen LogP contribution in [0.25, 0.3) is 10.9 Å². The lowest BCUT2D eigenvalue weighted by atomic mass is 10.1. The lowest BCUT2D eigenvalue weighted by Crippen LogP contribution is -1.97. The third-order valence-electron chi connectivity index (χ3n) is 3.25. The van der Waals surface area contributed by atoms with Gasteiger partial charge in [0.1, 0.15) is 18.1 Å². The second-order valence-corrected chi connectivity index (χ2v) is 4.66. The Bertz CT molecular complexity index is 717. The maximum absolute atomic E-state index is 9.22. The molecule has 1 aromatic heterocycles. The predicted molar refractivity (Wildman–Crippen MR) is 78.6 cm³/mol. The molecule has 4 nitrogen and oxygen atoms in total. The van der Waals surface area contributed by atoms with Gasteiger partial charge in [-0.3, -0.25) is 0 Å². The van der Waals surface area contributed by atoms with Crippen molar-refractivity contribution in [1.29, 1.82) is 0 Å². The maximum atomic E-state index is 9.22. The number of aromatic nitrogens is 1. The number of phenolic OH excluding ortho intramolecular Hbond substituents is 1. The molecule has 0 amide bonds. The Morgan fingerprint density at radius 3 is 2.65 bits per heavy atom. The summed E-state index contributed by atoms with van der Waals surface area (Å²) in [5.74, 6) is 0.955. The molecule has 0 unspecified atom stereocenters. The van der Waals surface area contributed by atoms with E-state index >= 15 is 0 Å². The Hall–Kier alpha value is -2.46. The van der Waals surface area contributed by atoms with Crippen LogP contribution >= 0.6 is 0 Å². The summed E-state index contributed by atoms with van der Waals surface area (Å²) in [6.45, 7) is 0.958. The number of benzene rings is 2. The first kappa shape index (κ1) is 12.6. The average molecular weight is 268 g/mol. The molecule has 2 aromatic carbocycles. The number of fused-ring (bicyclic) bond motifs is 1. The van der Waals surface area contributed by atoms with Crippen molar-refractivity contribution in [2.75, 3.05) is 0 Å². The number of hydrogen-bond donors (Lipinski definition) is 3. The molecule has 3 aromatic rings. The summed E-state index contributed by atoms with van der Waals surface area (Å²) in [6.07, 6.45) is 0. The van der Waals surface area contributed by atoms with Crippen LogP contribution < -0.4 is 10.5 Å². The van der Waals surface area contributed by atoms with E-state index in [1.165, 1.54) is 0 Å². The summed E-state index contributed by atoms with van der Waals surface area (Å²) in [4.78, 5) is 3.34. The third-order valence-corrected chi connectivity index (χ3v) is 3.25. The molecule has 1 heterocycles. The highest BCUT2D eigenvalue weighted by Gasteiger charge is 2.05. The van der Waals surface area contributed by atoms with Crippen molar-refractivity contribution in [2.24, 2.45) is 5.73 Å². The van der Waals surface area contributed by atoms with Crippen LogP contribution in [0.5, 0.6) is 11.5 Å². The molecule has 0 fully saturated rings. The number of H-pyrrole nitrogens is 1. The average Bonchev–Trinajstić information content (AvgIpc) is 2.89. The normalized spacial score (nSPS) is 10.8. The van der Waals surface area contributed by atoms with Gasteiger partial charge in [0.15, 0.2) is 0 Å². The number of nitrogens with two attached hydrogens (primary N) is 1. The van der Waals surface area contributed by atoms with Gasteiger partial charge in [-0.25, -0.2) is 0 Å². The molecular formula is C16H16N2O2. The van der Waals surface area contributed by atoms with Crippen molar-refractivity contribution >= 4 is 10.9 Å². The minimum Gasteiger partial charge on any atom is -0.508 e. The number of aromatic hydroxyl groups is 1. The van der Waals surface area contributed by atoms with Crippen molar-refractivity contribution in [1.82, 2.24) is 4.98 Å². The first-order chi connectivity index (χ1) is 9.76. The topological polar surface area (TPSA) is 71.3 Å². The molecule has 0 radical (unpaired) electrons. The van der Waals surface area contributed by atoms with E-state index in [1.807, 2.05) is 12.1 Å². The molecule has 4 heteroatoms. The smallest absolute Gasteiger partial charge is 0.128 e. The summed E-state index contributed by atoms with van der Waals surface area (Å²) in [5, 5.41) is 10.4. The van der Waals surface area contributed by atoms with Crippen LogP contribution in [-0.4, -0.2) is 10.1 Å². The first-order valence-electron chi connectivity index (χ1n) is 6.47. The second kappa shape index (κ2) is 5.27. The molecule has 4 N–H and O–H groups in total. The molecule has 0 aliphatic carbocycles. The first-order valence-corrected chi connectivity index (χ1v) is 6.47. The molecule has 0 saturated heterocycles. The molecule has 0 bridgehead atoms. The van der Waals surface area contributed by atoms with Gasteiger partial charge in [0.25, 0.3) is 0 Å². The van der Waals surface area contributed by atoms with E-state index in [9.17, 15) is 5.11 Å². The Morgan fingerprint density at radius 2 is 1.90 bits per heavy atom. The van der Waals surface area contributed by atoms with Crippen LogP contribution in [0.15, 0.2) is 48.5 Å². The zero-order chi connectivity index (χ0) is 13.9. The second-order valence-electron chi connectivity index (χ2n) is 4.66. The Labute approximate surface area is 116 Å². The minimum atomic E-state index is 0.232. The highest BCUT2D eigenvalue weighted by molar-refractivity contribution is 5.83. The summed E-state index contributed by atoms with van der Waals surface area (Å²) >= 11 is 0. The molecule has 0 saturated carbocycles. The number of aromatic amines is 1. The lowest BCUT2D eigenvalue weighted by molar-refractivity contribution is 0.302. The number of phenols is 1. The molecule has 0 aliphatic heterocycles. The number of hydrogen-bond acceptors (Lipinski definition) is 3. The quantitative estimate of drug-likeness (QED) is 0.681. The van der Waals surface area contributed by atoms with Gasteiger partial charge in [-0.15, -0.1) is 0 Å². The minimum absolute atomic E-state index is 0.232. The van der Waals surface area contributed by atoms with Crippen LogP contribution in [0.3, 0.4) is 0 Å². The highest BCUT2D eigenvalue weighted by atomic mass is 16.5. The molecule has 0 aliphatic rings. The summed E-state index contributed by atoms with van der Waals surface area (Å²) in [5.41, 5.74) is 8.89. The van der Waals surface area contributed by atoms with E-state index in [0.717, 1.165) is 27.9 Å². The highest BCUT2D eigenvalue weighted by Crippen LogP contribution is 2.21.